The lowest BCUT2D eigenvalue weighted by Crippen LogP contribution is -2.50. The average Bonchev–Trinajstić information content (AvgIpc) is 3.11. The number of nitrogens with one attached hydrogen (secondary N) is 2. The molecule has 0 bridgehead atoms. The highest BCUT2D eigenvalue weighted by molar-refractivity contribution is 5.96. The van der Waals surface area contributed by atoms with E-state index < -0.39 is 0 Å². The van der Waals surface area contributed by atoms with Crippen LogP contribution in [0.15, 0.2) is 48.7 Å². The average molecular weight is 418 g/mol. The van der Waals surface area contributed by atoms with Gasteiger partial charge < -0.3 is 19.9 Å². The molecule has 3 aromatic rings. The Kier molecular flexibility index (Phi) is 5.45. The summed E-state index contributed by atoms with van der Waals surface area (Å²) >= 11 is 0. The number of benzene rings is 2. The van der Waals surface area contributed by atoms with E-state index in [1.807, 2.05) is 25.1 Å². The summed E-state index contributed by atoms with van der Waals surface area (Å²) in [4.78, 5) is 13.1. The van der Waals surface area contributed by atoms with Crippen molar-refractivity contribution in [1.82, 2.24) is 15.2 Å². The fraction of sp³-hybridized carbons (Fsp3) is 0.423. The molecule has 2 heterocycles. The van der Waals surface area contributed by atoms with Gasteiger partial charge in [0, 0.05) is 42.3 Å². The molecule has 1 aliphatic heterocycles. The molecule has 5 rings (SSSR count). The van der Waals surface area contributed by atoms with Gasteiger partial charge in [0.15, 0.2) is 0 Å². The number of nitrogens with zero attached hydrogens (tertiary/aromatic N) is 1. The first-order valence-electron chi connectivity index (χ1n) is 11.4. The Hall–Kier alpha value is -2.79. The molecule has 162 valence electrons. The normalized spacial score (nSPS) is 17.7. The second-order valence-electron chi connectivity index (χ2n) is 9.12. The van der Waals surface area contributed by atoms with Gasteiger partial charge in [-0.15, -0.1) is 0 Å². The van der Waals surface area contributed by atoms with Crippen molar-refractivity contribution in [2.24, 2.45) is 5.92 Å². The van der Waals surface area contributed by atoms with Crippen LogP contribution in [0.2, 0.25) is 0 Å². The number of hydrogen-bond donors (Lipinski definition) is 2. The van der Waals surface area contributed by atoms with Crippen molar-refractivity contribution in [1.29, 1.82) is 0 Å². The van der Waals surface area contributed by atoms with Crippen molar-refractivity contribution in [2.75, 3.05) is 13.1 Å². The lowest BCUT2D eigenvalue weighted by Gasteiger charge is -2.28. The van der Waals surface area contributed by atoms with Crippen molar-refractivity contribution < 1.29 is 9.53 Å². The summed E-state index contributed by atoms with van der Waals surface area (Å²) in [6.07, 6.45) is 6.43. The summed E-state index contributed by atoms with van der Waals surface area (Å²) in [6.45, 7) is 6.84. The molecule has 5 nitrogen and oxygen atoms in total. The van der Waals surface area contributed by atoms with Crippen LogP contribution in [0.4, 0.5) is 0 Å². The van der Waals surface area contributed by atoms with Gasteiger partial charge in [-0.1, -0.05) is 24.6 Å². The van der Waals surface area contributed by atoms with Crippen molar-refractivity contribution in [2.45, 2.75) is 51.8 Å². The predicted octanol–water partition coefficient (Wildman–Crippen LogP) is 4.59. The zero-order valence-electron chi connectivity index (χ0n) is 18.4. The molecule has 2 fully saturated rings. The van der Waals surface area contributed by atoms with Crippen LogP contribution in [0.25, 0.3) is 10.9 Å². The van der Waals surface area contributed by atoms with Gasteiger partial charge in [0.25, 0.3) is 5.91 Å². The maximum Gasteiger partial charge on any atom is 0.252 e. The Labute approximate surface area is 183 Å². The van der Waals surface area contributed by atoms with Crippen molar-refractivity contribution >= 4 is 16.8 Å². The third-order valence-corrected chi connectivity index (χ3v) is 6.84. The largest absolute Gasteiger partial charge is 0.488 e. The highest BCUT2D eigenvalue weighted by Crippen LogP contribution is 2.31. The smallest absolute Gasteiger partial charge is 0.252 e. The Balaban J connectivity index is 1.33. The Morgan fingerprint density at radius 2 is 2.06 bits per heavy atom. The van der Waals surface area contributed by atoms with E-state index in [0.29, 0.717) is 5.56 Å². The third kappa shape index (κ3) is 4.07. The van der Waals surface area contributed by atoms with E-state index in [1.54, 1.807) is 0 Å². The Morgan fingerprint density at radius 3 is 2.77 bits per heavy atom. The first kappa shape index (κ1) is 20.1. The Bertz CT molecular complexity index is 1100. The summed E-state index contributed by atoms with van der Waals surface area (Å²) in [5.41, 5.74) is 4.04. The van der Waals surface area contributed by atoms with Crippen molar-refractivity contribution in [3.8, 4) is 5.75 Å². The van der Waals surface area contributed by atoms with Crippen LogP contribution < -0.4 is 15.4 Å². The van der Waals surface area contributed by atoms with Gasteiger partial charge >= 0.3 is 0 Å². The SMILES string of the molecule is Cc1ccc(OC2CNC2)cc1C(=O)NC(C)c1cccc2c1ccn2CC1CCC1. The summed E-state index contributed by atoms with van der Waals surface area (Å²) in [5.74, 6) is 1.50. The first-order valence-corrected chi connectivity index (χ1v) is 11.4. The van der Waals surface area contributed by atoms with Crippen LogP contribution in [0, 0.1) is 12.8 Å². The van der Waals surface area contributed by atoms with E-state index >= 15 is 0 Å². The second-order valence-corrected chi connectivity index (χ2v) is 9.12. The zero-order valence-corrected chi connectivity index (χ0v) is 18.4. The van der Waals surface area contributed by atoms with E-state index in [4.69, 9.17) is 4.74 Å². The van der Waals surface area contributed by atoms with Crippen LogP contribution in [-0.4, -0.2) is 29.7 Å². The second kappa shape index (κ2) is 8.39. The lowest BCUT2D eigenvalue weighted by molar-refractivity contribution is 0.0937. The molecule has 1 saturated carbocycles. The molecule has 1 aliphatic carbocycles. The van der Waals surface area contributed by atoms with Gasteiger partial charge in [-0.25, -0.2) is 0 Å². The predicted molar refractivity (Wildman–Crippen MR) is 124 cm³/mol. The minimum Gasteiger partial charge on any atom is -0.488 e. The summed E-state index contributed by atoms with van der Waals surface area (Å²) in [7, 11) is 0. The molecule has 1 unspecified atom stereocenters. The molecule has 1 amide bonds. The topological polar surface area (TPSA) is 55.3 Å². The number of carbonyl (C=O) groups excluding carboxylic acids is 1. The molecule has 1 saturated heterocycles. The van der Waals surface area contributed by atoms with Gasteiger partial charge in [0.2, 0.25) is 0 Å². The maximum absolute atomic E-state index is 13.1. The van der Waals surface area contributed by atoms with Gasteiger partial charge in [-0.05, 0) is 68.0 Å². The third-order valence-electron chi connectivity index (χ3n) is 6.84. The first-order chi connectivity index (χ1) is 15.1. The van der Waals surface area contributed by atoms with Gasteiger partial charge in [-0.3, -0.25) is 4.79 Å². The molecule has 2 N–H and O–H groups in total. The van der Waals surface area contributed by atoms with Crippen LogP contribution in [0.1, 0.15) is 53.7 Å². The van der Waals surface area contributed by atoms with Gasteiger partial charge in [-0.2, -0.15) is 0 Å². The molecule has 2 aromatic carbocycles. The van der Waals surface area contributed by atoms with Crippen LogP contribution in [0.5, 0.6) is 5.75 Å². The highest BCUT2D eigenvalue weighted by atomic mass is 16.5. The monoisotopic (exact) mass is 417 g/mol. The molecule has 1 atom stereocenters. The standard InChI is InChI=1S/C26H31N3O2/c1-17-9-10-20(31-21-14-27-15-21)13-24(17)26(30)28-18(2)22-7-4-8-25-23(22)11-12-29(25)16-19-5-3-6-19/h4,7-13,18-19,21,27H,3,5-6,14-16H2,1-2H3,(H,28,30). The molecular weight excluding hydrogens is 386 g/mol. The number of fused-ring (bicyclic) bond motifs is 1. The quantitative estimate of drug-likeness (QED) is 0.591. The van der Waals surface area contributed by atoms with E-state index in [2.05, 4.69) is 52.6 Å². The van der Waals surface area contributed by atoms with Crippen LogP contribution in [-0.2, 0) is 6.54 Å². The van der Waals surface area contributed by atoms with E-state index in [9.17, 15) is 4.79 Å². The summed E-state index contributed by atoms with van der Waals surface area (Å²) < 4.78 is 8.32. The molecular formula is C26H31N3O2. The number of carbonyl (C=O) groups is 1. The van der Waals surface area contributed by atoms with Crippen LogP contribution >= 0.6 is 0 Å². The maximum atomic E-state index is 13.1. The molecule has 5 heteroatoms. The molecule has 1 aromatic heterocycles. The fourth-order valence-electron chi connectivity index (χ4n) is 4.55. The van der Waals surface area contributed by atoms with E-state index in [-0.39, 0.29) is 18.1 Å². The zero-order chi connectivity index (χ0) is 21.4. The number of ether oxygens (including phenoxy) is 1. The fourth-order valence-corrected chi connectivity index (χ4v) is 4.55. The molecule has 2 aliphatic rings. The number of amides is 1. The minimum atomic E-state index is -0.0874. The molecule has 0 spiro atoms. The molecule has 0 radical (unpaired) electrons. The van der Waals surface area contributed by atoms with Crippen molar-refractivity contribution in [3.05, 3.63) is 65.4 Å². The number of aromatic nitrogens is 1. The van der Waals surface area contributed by atoms with E-state index in [0.717, 1.165) is 42.4 Å². The minimum absolute atomic E-state index is 0.0620. The van der Waals surface area contributed by atoms with E-state index in [1.165, 1.54) is 30.2 Å². The highest BCUT2D eigenvalue weighted by Gasteiger charge is 2.22. The van der Waals surface area contributed by atoms with Crippen LogP contribution in [0.3, 0.4) is 0 Å². The summed E-state index contributed by atoms with van der Waals surface area (Å²) in [6, 6.07) is 14.3. The number of aryl methyl sites for hydroxylation is 1. The number of rotatable bonds is 7. The van der Waals surface area contributed by atoms with Gasteiger partial charge in [0.05, 0.1) is 6.04 Å². The van der Waals surface area contributed by atoms with Gasteiger partial charge in [0.1, 0.15) is 11.9 Å². The summed E-state index contributed by atoms with van der Waals surface area (Å²) in [5, 5.41) is 7.63. The molecule has 31 heavy (non-hydrogen) atoms. The lowest BCUT2D eigenvalue weighted by atomic mass is 9.85. The number of hydrogen-bond acceptors (Lipinski definition) is 3. The Morgan fingerprint density at radius 1 is 1.23 bits per heavy atom. The van der Waals surface area contributed by atoms with Crippen molar-refractivity contribution in [3.63, 3.8) is 0 Å².